The Hall–Kier alpha value is -3.55. The maximum atomic E-state index is 12.2. The molecular formula is C21H24N6O2. The molecule has 2 amide bonds. The number of aryl methyl sites for hydroxylation is 2. The summed E-state index contributed by atoms with van der Waals surface area (Å²) in [5.41, 5.74) is 3.47. The molecule has 0 unspecified atom stereocenters. The number of aromatic nitrogens is 4. The Morgan fingerprint density at radius 2 is 1.90 bits per heavy atom. The summed E-state index contributed by atoms with van der Waals surface area (Å²) in [7, 11) is 0. The molecule has 0 fully saturated rings. The Morgan fingerprint density at radius 1 is 1.07 bits per heavy atom. The van der Waals surface area contributed by atoms with Gasteiger partial charge in [-0.3, -0.25) is 14.6 Å². The highest BCUT2D eigenvalue weighted by molar-refractivity contribution is 5.91. The van der Waals surface area contributed by atoms with Crippen molar-refractivity contribution in [3.63, 3.8) is 0 Å². The van der Waals surface area contributed by atoms with E-state index in [1.807, 2.05) is 43.3 Å². The first-order valence-corrected chi connectivity index (χ1v) is 9.49. The van der Waals surface area contributed by atoms with E-state index in [0.29, 0.717) is 32.5 Å². The second-order valence-corrected chi connectivity index (χ2v) is 6.75. The van der Waals surface area contributed by atoms with E-state index in [9.17, 15) is 9.59 Å². The van der Waals surface area contributed by atoms with Crippen molar-refractivity contribution < 1.29 is 9.59 Å². The zero-order valence-electron chi connectivity index (χ0n) is 16.3. The van der Waals surface area contributed by atoms with Gasteiger partial charge in [-0.2, -0.15) is 0 Å². The van der Waals surface area contributed by atoms with Gasteiger partial charge in [-0.15, -0.1) is 5.10 Å². The SMILES string of the molecule is Cc1ccc(CNC(=O)c2cn(CCNC(=O)CCc3cccnc3)nn2)cc1. The van der Waals surface area contributed by atoms with Crippen LogP contribution in [0.3, 0.4) is 0 Å². The quantitative estimate of drug-likeness (QED) is 0.577. The van der Waals surface area contributed by atoms with E-state index in [2.05, 4.69) is 25.9 Å². The van der Waals surface area contributed by atoms with Gasteiger partial charge in [0.25, 0.3) is 5.91 Å². The van der Waals surface area contributed by atoms with Gasteiger partial charge < -0.3 is 10.6 Å². The van der Waals surface area contributed by atoms with Crippen molar-refractivity contribution in [3.05, 3.63) is 77.4 Å². The molecule has 2 aromatic heterocycles. The third kappa shape index (κ3) is 6.53. The summed E-state index contributed by atoms with van der Waals surface area (Å²) in [5.74, 6) is -0.317. The van der Waals surface area contributed by atoms with Crippen LogP contribution < -0.4 is 10.6 Å². The monoisotopic (exact) mass is 392 g/mol. The molecule has 0 aliphatic rings. The number of amides is 2. The predicted octanol–water partition coefficient (Wildman–Crippen LogP) is 1.66. The van der Waals surface area contributed by atoms with Crippen molar-refractivity contribution >= 4 is 11.8 Å². The zero-order valence-corrected chi connectivity index (χ0v) is 16.3. The van der Waals surface area contributed by atoms with Gasteiger partial charge in [-0.25, -0.2) is 4.68 Å². The van der Waals surface area contributed by atoms with Crippen molar-refractivity contribution in [3.8, 4) is 0 Å². The number of carbonyl (C=O) groups is 2. The maximum Gasteiger partial charge on any atom is 0.273 e. The van der Waals surface area contributed by atoms with E-state index in [0.717, 1.165) is 11.1 Å². The Labute approximate surface area is 169 Å². The van der Waals surface area contributed by atoms with Gasteiger partial charge in [0.15, 0.2) is 5.69 Å². The summed E-state index contributed by atoms with van der Waals surface area (Å²) < 4.78 is 1.54. The van der Waals surface area contributed by atoms with E-state index in [1.54, 1.807) is 23.3 Å². The maximum absolute atomic E-state index is 12.2. The van der Waals surface area contributed by atoms with Crippen LogP contribution >= 0.6 is 0 Å². The minimum absolute atomic E-state index is 0.0370. The minimum Gasteiger partial charge on any atom is -0.354 e. The fourth-order valence-corrected chi connectivity index (χ4v) is 2.69. The Morgan fingerprint density at radius 3 is 2.66 bits per heavy atom. The van der Waals surface area contributed by atoms with E-state index in [-0.39, 0.29) is 17.5 Å². The molecule has 29 heavy (non-hydrogen) atoms. The number of pyridine rings is 1. The largest absolute Gasteiger partial charge is 0.354 e. The van der Waals surface area contributed by atoms with Crippen LogP contribution in [-0.4, -0.2) is 38.3 Å². The van der Waals surface area contributed by atoms with E-state index in [4.69, 9.17) is 0 Å². The summed E-state index contributed by atoms with van der Waals surface area (Å²) in [5, 5.41) is 13.5. The third-order valence-corrected chi connectivity index (χ3v) is 4.37. The van der Waals surface area contributed by atoms with Gasteiger partial charge in [0.1, 0.15) is 0 Å². The van der Waals surface area contributed by atoms with Gasteiger partial charge in [0, 0.05) is 31.9 Å². The van der Waals surface area contributed by atoms with E-state index in [1.165, 1.54) is 5.56 Å². The predicted molar refractivity (Wildman–Crippen MR) is 108 cm³/mol. The highest BCUT2D eigenvalue weighted by atomic mass is 16.2. The molecular weight excluding hydrogens is 368 g/mol. The molecule has 0 aliphatic heterocycles. The molecule has 0 aliphatic carbocycles. The number of hydrogen-bond donors (Lipinski definition) is 2. The lowest BCUT2D eigenvalue weighted by Gasteiger charge is -2.05. The van der Waals surface area contributed by atoms with Gasteiger partial charge in [0.2, 0.25) is 5.91 Å². The molecule has 8 nitrogen and oxygen atoms in total. The molecule has 8 heteroatoms. The number of rotatable bonds is 9. The van der Waals surface area contributed by atoms with Crippen LogP contribution in [0.5, 0.6) is 0 Å². The molecule has 3 rings (SSSR count). The van der Waals surface area contributed by atoms with Crippen molar-refractivity contribution in [1.29, 1.82) is 0 Å². The lowest BCUT2D eigenvalue weighted by molar-refractivity contribution is -0.121. The molecule has 0 atom stereocenters. The Balaban J connectivity index is 1.37. The second-order valence-electron chi connectivity index (χ2n) is 6.75. The first-order valence-electron chi connectivity index (χ1n) is 9.49. The summed E-state index contributed by atoms with van der Waals surface area (Å²) >= 11 is 0. The fraction of sp³-hybridized carbons (Fsp3) is 0.286. The number of benzene rings is 1. The third-order valence-electron chi connectivity index (χ3n) is 4.37. The van der Waals surface area contributed by atoms with Crippen LogP contribution in [0, 0.1) is 6.92 Å². The van der Waals surface area contributed by atoms with Crippen LogP contribution in [0.25, 0.3) is 0 Å². The second kappa shape index (κ2) is 10.1. The average molecular weight is 392 g/mol. The molecule has 3 aromatic rings. The van der Waals surface area contributed by atoms with Crippen LogP contribution in [0.2, 0.25) is 0 Å². The Bertz CT molecular complexity index is 937. The topological polar surface area (TPSA) is 102 Å². The van der Waals surface area contributed by atoms with Crippen molar-refractivity contribution in [2.45, 2.75) is 32.9 Å². The van der Waals surface area contributed by atoms with E-state index >= 15 is 0 Å². The van der Waals surface area contributed by atoms with Gasteiger partial charge >= 0.3 is 0 Å². The summed E-state index contributed by atoms with van der Waals surface area (Å²) in [6, 6.07) is 11.8. The molecule has 0 spiro atoms. The lowest BCUT2D eigenvalue weighted by Crippen LogP contribution is -2.27. The number of nitrogens with zero attached hydrogens (tertiary/aromatic N) is 4. The smallest absolute Gasteiger partial charge is 0.273 e. The van der Waals surface area contributed by atoms with Gasteiger partial charge in [-0.05, 0) is 30.5 Å². The number of carbonyl (C=O) groups excluding carboxylic acids is 2. The minimum atomic E-state index is -0.280. The van der Waals surface area contributed by atoms with Crippen molar-refractivity contribution in [1.82, 2.24) is 30.6 Å². The number of hydrogen-bond acceptors (Lipinski definition) is 5. The zero-order chi connectivity index (χ0) is 20.5. The molecule has 0 saturated heterocycles. The van der Waals surface area contributed by atoms with Gasteiger partial charge in [-0.1, -0.05) is 41.1 Å². The highest BCUT2D eigenvalue weighted by Gasteiger charge is 2.10. The molecule has 0 bridgehead atoms. The Kier molecular flexibility index (Phi) is 7.05. The van der Waals surface area contributed by atoms with Crippen LogP contribution in [0.1, 0.15) is 33.6 Å². The van der Waals surface area contributed by atoms with Crippen LogP contribution in [0.4, 0.5) is 0 Å². The number of nitrogens with one attached hydrogen (secondary N) is 2. The molecule has 1 aromatic carbocycles. The van der Waals surface area contributed by atoms with Crippen LogP contribution in [-0.2, 0) is 24.3 Å². The fourth-order valence-electron chi connectivity index (χ4n) is 2.69. The summed E-state index contributed by atoms with van der Waals surface area (Å²) in [6.45, 7) is 3.30. The molecule has 2 heterocycles. The molecule has 0 saturated carbocycles. The lowest BCUT2D eigenvalue weighted by atomic mass is 10.1. The standard InChI is InChI=1S/C21H24N6O2/c1-16-4-6-18(7-5-16)14-24-21(29)19-15-27(26-25-19)12-11-23-20(28)9-8-17-3-2-10-22-13-17/h2-7,10,13,15H,8-9,11-12,14H2,1H3,(H,23,28)(H,24,29). The molecule has 2 N–H and O–H groups in total. The van der Waals surface area contributed by atoms with Gasteiger partial charge in [0.05, 0.1) is 12.7 Å². The summed E-state index contributed by atoms with van der Waals surface area (Å²) in [6.07, 6.45) is 6.09. The first-order chi connectivity index (χ1) is 14.1. The van der Waals surface area contributed by atoms with E-state index < -0.39 is 0 Å². The normalized spacial score (nSPS) is 10.5. The molecule has 0 radical (unpaired) electrons. The van der Waals surface area contributed by atoms with Crippen molar-refractivity contribution in [2.75, 3.05) is 6.54 Å². The average Bonchev–Trinajstić information content (AvgIpc) is 3.21. The first kappa shape index (κ1) is 20.2. The van der Waals surface area contributed by atoms with Crippen LogP contribution in [0.15, 0.2) is 55.0 Å². The molecule has 150 valence electrons. The summed E-state index contributed by atoms with van der Waals surface area (Å²) in [4.78, 5) is 28.2. The highest BCUT2D eigenvalue weighted by Crippen LogP contribution is 2.03. The van der Waals surface area contributed by atoms with Crippen molar-refractivity contribution in [2.24, 2.45) is 0 Å².